The highest BCUT2D eigenvalue weighted by atomic mass is 35.5. The molecular formula is C27H28ClFN4O2. The predicted octanol–water partition coefficient (Wildman–Crippen LogP) is 5.76. The van der Waals surface area contributed by atoms with Crippen LogP contribution in [0.5, 0.6) is 5.75 Å². The van der Waals surface area contributed by atoms with E-state index in [1.807, 2.05) is 20.2 Å². The first kappa shape index (κ1) is 24.5. The first-order chi connectivity index (χ1) is 16.8. The van der Waals surface area contributed by atoms with Crippen LogP contribution in [0.3, 0.4) is 0 Å². The minimum Gasteiger partial charge on any atom is -0.507 e. The van der Waals surface area contributed by atoms with Crippen LogP contribution in [0.1, 0.15) is 13.3 Å². The second-order valence-electron chi connectivity index (χ2n) is 9.03. The Labute approximate surface area is 209 Å². The van der Waals surface area contributed by atoms with E-state index in [4.69, 9.17) is 11.6 Å². The van der Waals surface area contributed by atoms with Gasteiger partial charge in [-0.25, -0.2) is 9.37 Å². The molecule has 0 bridgehead atoms. The van der Waals surface area contributed by atoms with Crippen molar-refractivity contribution >= 4 is 29.5 Å². The van der Waals surface area contributed by atoms with Gasteiger partial charge < -0.3 is 14.9 Å². The lowest BCUT2D eigenvalue weighted by Gasteiger charge is -2.19. The van der Waals surface area contributed by atoms with Crippen molar-refractivity contribution in [2.75, 3.05) is 37.0 Å². The number of carbonyl (C=O) groups excluding carboxylic acids is 1. The zero-order valence-electron chi connectivity index (χ0n) is 19.9. The van der Waals surface area contributed by atoms with Gasteiger partial charge in [0.15, 0.2) is 0 Å². The van der Waals surface area contributed by atoms with Crippen molar-refractivity contribution in [1.82, 2.24) is 9.88 Å². The van der Waals surface area contributed by atoms with Gasteiger partial charge in [-0.1, -0.05) is 24.6 Å². The van der Waals surface area contributed by atoms with E-state index in [2.05, 4.69) is 16.8 Å². The molecule has 1 aliphatic heterocycles. The number of aromatic hydroxyl groups is 1. The molecule has 1 atom stereocenters. The zero-order chi connectivity index (χ0) is 25.1. The first-order valence-corrected chi connectivity index (χ1v) is 11.8. The van der Waals surface area contributed by atoms with E-state index >= 15 is 0 Å². The molecule has 1 aromatic heterocycles. The highest BCUT2D eigenvalue weighted by Gasteiger charge is 2.21. The molecule has 1 N–H and O–H groups in total. The number of rotatable bonds is 7. The third-order valence-corrected chi connectivity index (χ3v) is 6.36. The van der Waals surface area contributed by atoms with Crippen LogP contribution in [0.25, 0.3) is 22.3 Å². The summed E-state index contributed by atoms with van der Waals surface area (Å²) in [6.07, 6.45) is 6.74. The third-order valence-electron chi connectivity index (χ3n) is 6.05. The van der Waals surface area contributed by atoms with Crippen LogP contribution >= 0.6 is 11.6 Å². The largest absolute Gasteiger partial charge is 0.507 e. The summed E-state index contributed by atoms with van der Waals surface area (Å²) in [7, 11) is 3.68. The summed E-state index contributed by atoms with van der Waals surface area (Å²) in [5.41, 5.74) is 2.36. The quantitative estimate of drug-likeness (QED) is 0.423. The van der Waals surface area contributed by atoms with Gasteiger partial charge in [-0.2, -0.15) is 0 Å². The molecule has 1 saturated heterocycles. The number of benzene rings is 2. The normalized spacial score (nSPS) is 15.6. The maximum Gasteiger partial charge on any atom is 0.218 e. The van der Waals surface area contributed by atoms with Gasteiger partial charge in [0.05, 0.1) is 10.7 Å². The topological polar surface area (TPSA) is 59.9 Å². The van der Waals surface area contributed by atoms with Gasteiger partial charge in [0.25, 0.3) is 0 Å². The number of aromatic nitrogens is 1. The van der Waals surface area contributed by atoms with E-state index in [1.54, 1.807) is 47.8 Å². The Balaban J connectivity index is 1.71. The molecule has 0 radical (unpaired) electrons. The Bertz CT molecular complexity index is 1260. The van der Waals surface area contributed by atoms with E-state index in [1.165, 1.54) is 17.0 Å². The molecule has 35 heavy (non-hydrogen) atoms. The summed E-state index contributed by atoms with van der Waals surface area (Å²) in [6, 6.07) is 11.2. The molecule has 1 unspecified atom stereocenters. The maximum absolute atomic E-state index is 14.7. The van der Waals surface area contributed by atoms with E-state index in [0.29, 0.717) is 40.3 Å². The molecule has 2 aromatic carbocycles. The van der Waals surface area contributed by atoms with Crippen LogP contribution in [0.2, 0.25) is 5.02 Å². The summed E-state index contributed by atoms with van der Waals surface area (Å²) in [5.74, 6) is 0.867. The highest BCUT2D eigenvalue weighted by molar-refractivity contribution is 6.34. The maximum atomic E-state index is 14.7. The molecule has 4 rings (SSSR count). The van der Waals surface area contributed by atoms with Gasteiger partial charge in [0.2, 0.25) is 6.41 Å². The second-order valence-corrected chi connectivity index (χ2v) is 9.44. The van der Waals surface area contributed by atoms with E-state index in [-0.39, 0.29) is 10.8 Å². The molecule has 2 heterocycles. The van der Waals surface area contributed by atoms with Crippen LogP contribution in [-0.2, 0) is 4.79 Å². The fraction of sp³-hybridized carbons (Fsp3) is 0.259. The number of phenolic OH excluding ortho intramolecular Hbond substituents is 1. The van der Waals surface area contributed by atoms with Crippen LogP contribution in [-0.4, -0.2) is 48.6 Å². The summed E-state index contributed by atoms with van der Waals surface area (Å²) < 4.78 is 14.7. The van der Waals surface area contributed by atoms with Crippen molar-refractivity contribution in [3.63, 3.8) is 0 Å². The molecule has 3 aromatic rings. The summed E-state index contributed by atoms with van der Waals surface area (Å²) in [6.45, 7) is 4.05. The van der Waals surface area contributed by atoms with Gasteiger partial charge in [-0.3, -0.25) is 9.69 Å². The number of halogens is 2. The van der Waals surface area contributed by atoms with Gasteiger partial charge in [0, 0.05) is 56.9 Å². The number of anilines is 2. The smallest absolute Gasteiger partial charge is 0.218 e. The zero-order valence-corrected chi connectivity index (χ0v) is 20.7. The van der Waals surface area contributed by atoms with Gasteiger partial charge in [-0.15, -0.1) is 0 Å². The predicted molar refractivity (Wildman–Crippen MR) is 139 cm³/mol. The van der Waals surface area contributed by atoms with E-state index in [9.17, 15) is 14.3 Å². The van der Waals surface area contributed by atoms with Gasteiger partial charge in [-0.05, 0) is 59.9 Å². The summed E-state index contributed by atoms with van der Waals surface area (Å²) >= 11 is 6.49. The lowest BCUT2D eigenvalue weighted by Crippen LogP contribution is -2.20. The molecule has 0 saturated carbocycles. The Morgan fingerprint density at radius 3 is 2.43 bits per heavy atom. The van der Waals surface area contributed by atoms with Crippen LogP contribution in [0.15, 0.2) is 61.1 Å². The molecule has 182 valence electrons. The molecule has 8 heteroatoms. The Morgan fingerprint density at radius 1 is 1.11 bits per heavy atom. The minimum absolute atomic E-state index is 0.0538. The van der Waals surface area contributed by atoms with Crippen molar-refractivity contribution < 1.29 is 14.3 Å². The van der Waals surface area contributed by atoms with E-state index < -0.39 is 5.82 Å². The molecule has 0 spiro atoms. The number of nitrogens with zero attached hydrogens (tertiary/aromatic N) is 4. The molecular weight excluding hydrogens is 467 g/mol. The monoisotopic (exact) mass is 494 g/mol. The third kappa shape index (κ3) is 5.41. The number of hydrogen-bond donors (Lipinski definition) is 1. The van der Waals surface area contributed by atoms with Crippen molar-refractivity contribution in [2.24, 2.45) is 5.92 Å². The molecule has 0 aliphatic carbocycles. The van der Waals surface area contributed by atoms with Crippen LogP contribution in [0.4, 0.5) is 15.9 Å². The van der Waals surface area contributed by atoms with Gasteiger partial charge in [0.1, 0.15) is 17.4 Å². The Hall–Kier alpha value is -3.58. The van der Waals surface area contributed by atoms with Crippen molar-refractivity contribution in [3.05, 3.63) is 71.9 Å². The number of carbonyl (C=O) groups is 1. The summed E-state index contributed by atoms with van der Waals surface area (Å²) in [4.78, 5) is 21.4. The van der Waals surface area contributed by atoms with Crippen LogP contribution in [0, 0.1) is 11.7 Å². The van der Waals surface area contributed by atoms with Gasteiger partial charge >= 0.3 is 0 Å². The lowest BCUT2D eigenvalue weighted by molar-refractivity contribution is -0.106. The first-order valence-electron chi connectivity index (χ1n) is 11.4. The fourth-order valence-corrected chi connectivity index (χ4v) is 4.48. The number of phenols is 1. The highest BCUT2D eigenvalue weighted by Crippen LogP contribution is 2.41. The number of hydrogen-bond acceptors (Lipinski definition) is 5. The minimum atomic E-state index is -0.482. The molecule has 1 fully saturated rings. The number of amides is 1. The number of pyridine rings is 1. The molecule has 1 aliphatic rings. The SMILES string of the molecule is CC1CCN(c2cc(-c3cc(F)cc(-c4ccc(N(C=O)/C=C\N(C)C)c(Cl)c4)c3O)ccn2)C1. The van der Waals surface area contributed by atoms with Crippen LogP contribution < -0.4 is 9.80 Å². The average Bonchev–Trinajstić information content (AvgIpc) is 3.27. The lowest BCUT2D eigenvalue weighted by atomic mass is 9.97. The standard InChI is InChI=1S/C27H28ClFN4O2/c1-18-7-9-32(16-18)26-13-20(6-8-30-26)23-15-21(29)14-22(27(23)35)19-4-5-25(24(28)12-19)33(17-34)11-10-31(2)3/h4-6,8,10-15,17-18,35H,7,9,16H2,1-3H3/b11-10-. The fourth-order valence-electron chi connectivity index (χ4n) is 4.20. The van der Waals surface area contributed by atoms with Crippen molar-refractivity contribution in [3.8, 4) is 28.0 Å². The molecule has 6 nitrogen and oxygen atoms in total. The Kier molecular flexibility index (Phi) is 7.26. The average molecular weight is 495 g/mol. The summed E-state index contributed by atoms with van der Waals surface area (Å²) in [5, 5.41) is 11.4. The van der Waals surface area contributed by atoms with E-state index in [0.717, 1.165) is 25.3 Å². The second kappa shape index (κ2) is 10.4. The molecule has 1 amide bonds. The van der Waals surface area contributed by atoms with Crippen molar-refractivity contribution in [1.29, 1.82) is 0 Å². The Morgan fingerprint density at radius 2 is 1.83 bits per heavy atom. The van der Waals surface area contributed by atoms with Crippen molar-refractivity contribution in [2.45, 2.75) is 13.3 Å².